The van der Waals surface area contributed by atoms with E-state index in [9.17, 15) is 14.0 Å². The summed E-state index contributed by atoms with van der Waals surface area (Å²) in [5.41, 5.74) is 1.11. The molecule has 6 heteroatoms. The molecule has 132 valence electrons. The van der Waals surface area contributed by atoms with Crippen molar-refractivity contribution < 1.29 is 14.0 Å². The van der Waals surface area contributed by atoms with Crippen molar-refractivity contribution in [2.24, 2.45) is 0 Å². The molecular formula is C20H18FN3O2. The summed E-state index contributed by atoms with van der Waals surface area (Å²) in [6.45, 7) is 0.538. The average Bonchev–Trinajstić information content (AvgIpc) is 3.14. The monoisotopic (exact) mass is 351 g/mol. The van der Waals surface area contributed by atoms with Crippen LogP contribution in [-0.4, -0.2) is 29.3 Å². The maximum atomic E-state index is 13.4. The van der Waals surface area contributed by atoms with Gasteiger partial charge in [-0.1, -0.05) is 30.3 Å². The third-order valence-corrected chi connectivity index (χ3v) is 4.43. The molecule has 0 bridgehead atoms. The Morgan fingerprint density at radius 2 is 2.00 bits per heavy atom. The highest BCUT2D eigenvalue weighted by Crippen LogP contribution is 2.21. The minimum absolute atomic E-state index is 0.0920. The topological polar surface area (TPSA) is 73.2 Å². The van der Waals surface area contributed by atoms with Crippen molar-refractivity contribution in [2.75, 3.05) is 11.9 Å². The standard InChI is InChI=1S/C20H18FN3O2/c21-17-9-8-16(12-15(17)13-22)23-20(26)18-7-4-10-24(18)19(25)11-14-5-2-1-3-6-14/h1-3,5-6,8-9,12,18H,4,7,10-11H2,(H,23,26). The lowest BCUT2D eigenvalue weighted by molar-refractivity contribution is -0.136. The molecule has 1 atom stereocenters. The number of carbonyl (C=O) groups is 2. The minimum Gasteiger partial charge on any atom is -0.330 e. The summed E-state index contributed by atoms with van der Waals surface area (Å²) < 4.78 is 13.4. The highest BCUT2D eigenvalue weighted by Gasteiger charge is 2.33. The molecule has 1 fully saturated rings. The Kier molecular flexibility index (Phi) is 5.28. The fourth-order valence-corrected chi connectivity index (χ4v) is 3.12. The molecule has 1 aliphatic heterocycles. The molecule has 1 heterocycles. The fourth-order valence-electron chi connectivity index (χ4n) is 3.12. The van der Waals surface area contributed by atoms with Gasteiger partial charge in [0.1, 0.15) is 17.9 Å². The van der Waals surface area contributed by atoms with E-state index in [1.807, 2.05) is 30.3 Å². The first-order valence-corrected chi connectivity index (χ1v) is 8.42. The maximum absolute atomic E-state index is 13.4. The van der Waals surface area contributed by atoms with Crippen LogP contribution in [-0.2, 0) is 16.0 Å². The zero-order chi connectivity index (χ0) is 18.5. The summed E-state index contributed by atoms with van der Waals surface area (Å²) in [6, 6.07) is 14.4. The first-order valence-electron chi connectivity index (χ1n) is 8.42. The van der Waals surface area contributed by atoms with E-state index in [0.29, 0.717) is 18.7 Å². The summed E-state index contributed by atoms with van der Waals surface area (Å²) in [5, 5.41) is 11.6. The molecule has 0 spiro atoms. The second-order valence-corrected chi connectivity index (χ2v) is 6.20. The van der Waals surface area contributed by atoms with Crippen LogP contribution in [0.4, 0.5) is 10.1 Å². The first-order chi connectivity index (χ1) is 12.6. The van der Waals surface area contributed by atoms with Crippen LogP contribution in [0.1, 0.15) is 24.0 Å². The van der Waals surface area contributed by atoms with E-state index in [-0.39, 0.29) is 23.8 Å². The lowest BCUT2D eigenvalue weighted by Gasteiger charge is -2.24. The lowest BCUT2D eigenvalue weighted by Crippen LogP contribution is -2.43. The third-order valence-electron chi connectivity index (χ3n) is 4.43. The summed E-state index contributed by atoms with van der Waals surface area (Å²) in [7, 11) is 0. The Morgan fingerprint density at radius 1 is 1.23 bits per heavy atom. The third kappa shape index (κ3) is 3.89. The fraction of sp³-hybridized carbons (Fsp3) is 0.250. The summed E-state index contributed by atoms with van der Waals surface area (Å²) in [4.78, 5) is 26.8. The van der Waals surface area contributed by atoms with E-state index in [1.54, 1.807) is 11.0 Å². The molecule has 1 unspecified atom stereocenters. The van der Waals surface area contributed by atoms with Crippen LogP contribution in [0.3, 0.4) is 0 Å². The number of hydrogen-bond donors (Lipinski definition) is 1. The van der Waals surface area contributed by atoms with Gasteiger partial charge in [0.2, 0.25) is 11.8 Å². The van der Waals surface area contributed by atoms with E-state index in [1.165, 1.54) is 12.1 Å². The summed E-state index contributed by atoms with van der Waals surface area (Å²) in [5.74, 6) is -1.05. The van der Waals surface area contributed by atoms with Crippen molar-refractivity contribution in [2.45, 2.75) is 25.3 Å². The van der Waals surface area contributed by atoms with Crippen LogP contribution in [0.15, 0.2) is 48.5 Å². The largest absolute Gasteiger partial charge is 0.330 e. The van der Waals surface area contributed by atoms with E-state index >= 15 is 0 Å². The molecule has 5 nitrogen and oxygen atoms in total. The van der Waals surface area contributed by atoms with Gasteiger partial charge in [-0.15, -0.1) is 0 Å². The number of likely N-dealkylation sites (tertiary alicyclic amines) is 1. The Labute approximate surface area is 151 Å². The van der Waals surface area contributed by atoms with Crippen molar-refractivity contribution in [3.05, 3.63) is 65.5 Å². The van der Waals surface area contributed by atoms with Gasteiger partial charge in [-0.3, -0.25) is 9.59 Å². The second kappa shape index (κ2) is 7.79. The van der Waals surface area contributed by atoms with Crippen molar-refractivity contribution in [3.63, 3.8) is 0 Å². The number of nitrogens with one attached hydrogen (secondary N) is 1. The van der Waals surface area contributed by atoms with Gasteiger partial charge < -0.3 is 10.2 Å². The van der Waals surface area contributed by atoms with Gasteiger partial charge >= 0.3 is 0 Å². The number of rotatable bonds is 4. The average molecular weight is 351 g/mol. The zero-order valence-corrected chi connectivity index (χ0v) is 14.1. The molecule has 2 amide bonds. The number of nitriles is 1. The van der Waals surface area contributed by atoms with Crippen LogP contribution in [0, 0.1) is 17.1 Å². The van der Waals surface area contributed by atoms with Crippen molar-refractivity contribution in [1.29, 1.82) is 5.26 Å². The Balaban J connectivity index is 1.68. The zero-order valence-electron chi connectivity index (χ0n) is 14.1. The Morgan fingerprint density at radius 3 is 2.73 bits per heavy atom. The number of benzene rings is 2. The molecule has 3 rings (SSSR count). The van der Waals surface area contributed by atoms with Gasteiger partial charge in [-0.25, -0.2) is 4.39 Å². The summed E-state index contributed by atoms with van der Waals surface area (Å²) in [6.07, 6.45) is 1.59. The van der Waals surface area contributed by atoms with Crippen molar-refractivity contribution >= 4 is 17.5 Å². The molecule has 2 aromatic rings. The van der Waals surface area contributed by atoms with Gasteiger partial charge in [0.05, 0.1) is 12.0 Å². The molecule has 0 saturated carbocycles. The van der Waals surface area contributed by atoms with Crippen LogP contribution in [0.5, 0.6) is 0 Å². The van der Waals surface area contributed by atoms with Crippen molar-refractivity contribution in [3.8, 4) is 6.07 Å². The minimum atomic E-state index is -0.633. The maximum Gasteiger partial charge on any atom is 0.247 e. The highest BCUT2D eigenvalue weighted by molar-refractivity contribution is 5.97. The second-order valence-electron chi connectivity index (χ2n) is 6.20. The quantitative estimate of drug-likeness (QED) is 0.920. The molecule has 1 saturated heterocycles. The predicted octanol–water partition coefficient (Wildman–Crippen LogP) is 2.87. The molecular weight excluding hydrogens is 333 g/mol. The molecule has 0 aliphatic carbocycles. The molecule has 0 aromatic heterocycles. The molecule has 1 N–H and O–H groups in total. The van der Waals surface area contributed by atoms with E-state index in [0.717, 1.165) is 18.1 Å². The van der Waals surface area contributed by atoms with E-state index in [2.05, 4.69) is 5.32 Å². The number of amides is 2. The number of hydrogen-bond acceptors (Lipinski definition) is 3. The molecule has 0 radical (unpaired) electrons. The van der Waals surface area contributed by atoms with Gasteiger partial charge in [-0.05, 0) is 36.6 Å². The van der Waals surface area contributed by atoms with Gasteiger partial charge in [-0.2, -0.15) is 5.26 Å². The van der Waals surface area contributed by atoms with E-state index in [4.69, 9.17) is 5.26 Å². The number of halogens is 1. The SMILES string of the molecule is N#Cc1cc(NC(=O)C2CCCN2C(=O)Cc2ccccc2)ccc1F. The van der Waals surface area contributed by atoms with Gasteiger partial charge in [0.25, 0.3) is 0 Å². The van der Waals surface area contributed by atoms with Gasteiger partial charge in [0, 0.05) is 12.2 Å². The van der Waals surface area contributed by atoms with Crippen LogP contribution < -0.4 is 5.32 Å². The number of carbonyl (C=O) groups excluding carboxylic acids is 2. The predicted molar refractivity (Wildman–Crippen MR) is 94.6 cm³/mol. The Hall–Kier alpha value is -3.20. The lowest BCUT2D eigenvalue weighted by atomic mass is 10.1. The molecule has 2 aromatic carbocycles. The molecule has 1 aliphatic rings. The van der Waals surface area contributed by atoms with E-state index < -0.39 is 11.9 Å². The summed E-state index contributed by atoms with van der Waals surface area (Å²) >= 11 is 0. The van der Waals surface area contributed by atoms with Crippen LogP contribution in [0.25, 0.3) is 0 Å². The normalized spacial score (nSPS) is 16.2. The van der Waals surface area contributed by atoms with Crippen LogP contribution >= 0.6 is 0 Å². The van der Waals surface area contributed by atoms with Gasteiger partial charge in [0.15, 0.2) is 0 Å². The first kappa shape index (κ1) is 17.6. The number of nitrogens with zero attached hydrogens (tertiary/aromatic N) is 2. The van der Waals surface area contributed by atoms with Crippen molar-refractivity contribution in [1.82, 2.24) is 4.90 Å². The number of anilines is 1. The smallest absolute Gasteiger partial charge is 0.247 e. The highest BCUT2D eigenvalue weighted by atomic mass is 19.1. The van der Waals surface area contributed by atoms with Crippen LogP contribution in [0.2, 0.25) is 0 Å². The molecule has 26 heavy (non-hydrogen) atoms. The Bertz CT molecular complexity index is 861.